The van der Waals surface area contributed by atoms with Crippen molar-refractivity contribution in [3.8, 4) is 0 Å². The average Bonchev–Trinajstić information content (AvgIpc) is 3.07. The molecule has 5 heteroatoms. The molecule has 2 aliphatic rings. The summed E-state index contributed by atoms with van der Waals surface area (Å²) in [6.07, 6.45) is 2.13. The van der Waals surface area contributed by atoms with Gasteiger partial charge in [-0.2, -0.15) is 0 Å². The number of likely N-dealkylation sites (N-methyl/N-ethyl adjacent to an activating group) is 1. The summed E-state index contributed by atoms with van der Waals surface area (Å²) in [4.78, 5) is 24.0. The lowest BCUT2D eigenvalue weighted by Gasteiger charge is -2.37. The molecule has 24 heavy (non-hydrogen) atoms. The van der Waals surface area contributed by atoms with E-state index in [0.717, 1.165) is 56.9 Å². The Kier molecular flexibility index (Phi) is 4.10. The second-order valence-corrected chi connectivity index (χ2v) is 6.81. The second kappa shape index (κ2) is 6.40. The van der Waals surface area contributed by atoms with Gasteiger partial charge in [0, 0.05) is 31.6 Å². The molecule has 2 aromatic rings. The van der Waals surface area contributed by atoms with E-state index in [1.807, 2.05) is 17.0 Å². The molecule has 1 unspecified atom stereocenters. The van der Waals surface area contributed by atoms with Crippen LogP contribution >= 0.6 is 0 Å². The van der Waals surface area contributed by atoms with E-state index in [1.165, 1.54) is 5.39 Å². The fourth-order valence-corrected chi connectivity index (χ4v) is 3.82. The summed E-state index contributed by atoms with van der Waals surface area (Å²) >= 11 is 0. The highest BCUT2D eigenvalue weighted by Gasteiger charge is 2.32. The zero-order valence-corrected chi connectivity index (χ0v) is 14.2. The molecule has 0 spiro atoms. The number of piperazine rings is 1. The molecule has 0 bridgehead atoms. The maximum absolute atomic E-state index is 12.7. The standard InChI is InChI=1S/C19H24N4O/c1-21-10-4-7-17(21)19(24)23-13-11-22(12-14-23)18-9-8-15-5-2-3-6-16(15)20-18/h2-3,5-6,8-9,17H,4,7,10-14H2,1H3. The normalized spacial score (nSPS) is 22.3. The molecule has 1 aromatic heterocycles. The highest BCUT2D eigenvalue weighted by Crippen LogP contribution is 2.21. The van der Waals surface area contributed by atoms with Crippen LogP contribution in [0.2, 0.25) is 0 Å². The van der Waals surface area contributed by atoms with Gasteiger partial charge in [-0.25, -0.2) is 4.98 Å². The van der Waals surface area contributed by atoms with Gasteiger partial charge < -0.3 is 9.80 Å². The van der Waals surface area contributed by atoms with Crippen molar-refractivity contribution in [2.45, 2.75) is 18.9 Å². The summed E-state index contributed by atoms with van der Waals surface area (Å²) in [6, 6.07) is 12.5. The minimum absolute atomic E-state index is 0.0929. The summed E-state index contributed by atoms with van der Waals surface area (Å²) in [7, 11) is 2.06. The Bertz CT molecular complexity index is 739. The number of nitrogens with zero attached hydrogens (tertiary/aromatic N) is 4. The Morgan fingerprint density at radius 1 is 1.04 bits per heavy atom. The van der Waals surface area contributed by atoms with E-state index in [1.54, 1.807) is 0 Å². The molecule has 2 fully saturated rings. The minimum atomic E-state index is 0.0929. The van der Waals surface area contributed by atoms with E-state index in [4.69, 9.17) is 4.98 Å². The van der Waals surface area contributed by atoms with Gasteiger partial charge in [0.2, 0.25) is 5.91 Å². The molecule has 0 aliphatic carbocycles. The topological polar surface area (TPSA) is 39.7 Å². The quantitative estimate of drug-likeness (QED) is 0.847. The van der Waals surface area contributed by atoms with Gasteiger partial charge in [0.15, 0.2) is 0 Å². The molecule has 2 saturated heterocycles. The van der Waals surface area contributed by atoms with Crippen LogP contribution in [0.15, 0.2) is 36.4 Å². The van der Waals surface area contributed by atoms with Crippen LogP contribution in [-0.2, 0) is 4.79 Å². The summed E-state index contributed by atoms with van der Waals surface area (Å²) in [6.45, 7) is 4.33. The number of fused-ring (bicyclic) bond motifs is 1. The number of carbonyl (C=O) groups excluding carboxylic acids is 1. The highest BCUT2D eigenvalue weighted by molar-refractivity contribution is 5.83. The zero-order chi connectivity index (χ0) is 16.5. The van der Waals surface area contributed by atoms with Crippen molar-refractivity contribution < 1.29 is 4.79 Å². The van der Waals surface area contributed by atoms with Crippen LogP contribution in [-0.4, -0.2) is 66.5 Å². The number of benzene rings is 1. The first-order valence-electron chi connectivity index (χ1n) is 8.82. The van der Waals surface area contributed by atoms with Crippen molar-refractivity contribution >= 4 is 22.6 Å². The van der Waals surface area contributed by atoms with Crippen molar-refractivity contribution in [2.24, 2.45) is 0 Å². The highest BCUT2D eigenvalue weighted by atomic mass is 16.2. The van der Waals surface area contributed by atoms with Crippen LogP contribution in [0.3, 0.4) is 0 Å². The molecule has 1 aromatic carbocycles. The van der Waals surface area contributed by atoms with Crippen LogP contribution in [0, 0.1) is 0 Å². The molecule has 5 nitrogen and oxygen atoms in total. The van der Waals surface area contributed by atoms with Gasteiger partial charge in [-0.05, 0) is 44.6 Å². The molecular formula is C19H24N4O. The third kappa shape index (κ3) is 2.84. The van der Waals surface area contributed by atoms with E-state index in [0.29, 0.717) is 5.91 Å². The Labute approximate surface area is 142 Å². The lowest BCUT2D eigenvalue weighted by molar-refractivity contribution is -0.135. The van der Waals surface area contributed by atoms with E-state index in [2.05, 4.69) is 41.1 Å². The molecule has 0 N–H and O–H groups in total. The monoisotopic (exact) mass is 324 g/mol. The lowest BCUT2D eigenvalue weighted by Crippen LogP contribution is -2.53. The van der Waals surface area contributed by atoms with E-state index in [9.17, 15) is 4.79 Å². The molecule has 1 atom stereocenters. The van der Waals surface area contributed by atoms with Gasteiger partial charge in [0.05, 0.1) is 11.6 Å². The van der Waals surface area contributed by atoms with Gasteiger partial charge in [0.25, 0.3) is 0 Å². The van der Waals surface area contributed by atoms with Crippen LogP contribution in [0.25, 0.3) is 10.9 Å². The maximum Gasteiger partial charge on any atom is 0.240 e. The van der Waals surface area contributed by atoms with Crippen LogP contribution in [0.1, 0.15) is 12.8 Å². The number of rotatable bonds is 2. The van der Waals surface area contributed by atoms with Gasteiger partial charge in [0.1, 0.15) is 5.82 Å². The molecule has 1 amide bonds. The van der Waals surface area contributed by atoms with Crippen LogP contribution < -0.4 is 4.90 Å². The van der Waals surface area contributed by atoms with Gasteiger partial charge in [-0.15, -0.1) is 0 Å². The van der Waals surface area contributed by atoms with Crippen molar-refractivity contribution in [1.82, 2.24) is 14.8 Å². The van der Waals surface area contributed by atoms with Gasteiger partial charge >= 0.3 is 0 Å². The number of aromatic nitrogens is 1. The van der Waals surface area contributed by atoms with Crippen LogP contribution in [0.4, 0.5) is 5.82 Å². The number of anilines is 1. The van der Waals surface area contributed by atoms with Crippen molar-refractivity contribution in [1.29, 1.82) is 0 Å². The number of para-hydroxylation sites is 1. The van der Waals surface area contributed by atoms with Gasteiger partial charge in [-0.1, -0.05) is 18.2 Å². The predicted molar refractivity (Wildman–Crippen MR) is 96.2 cm³/mol. The third-order valence-electron chi connectivity index (χ3n) is 5.30. The zero-order valence-electron chi connectivity index (χ0n) is 14.2. The molecule has 0 saturated carbocycles. The van der Waals surface area contributed by atoms with Crippen molar-refractivity contribution in [3.05, 3.63) is 36.4 Å². The predicted octanol–water partition coefficient (Wildman–Crippen LogP) is 1.98. The Balaban J connectivity index is 1.42. The summed E-state index contributed by atoms with van der Waals surface area (Å²) in [5.41, 5.74) is 1.03. The van der Waals surface area contributed by atoms with E-state index >= 15 is 0 Å². The third-order valence-corrected chi connectivity index (χ3v) is 5.30. The van der Waals surface area contributed by atoms with Crippen molar-refractivity contribution in [3.63, 3.8) is 0 Å². The first-order chi connectivity index (χ1) is 11.7. The number of pyridine rings is 1. The largest absolute Gasteiger partial charge is 0.353 e. The fourth-order valence-electron chi connectivity index (χ4n) is 3.82. The number of hydrogen-bond donors (Lipinski definition) is 0. The van der Waals surface area contributed by atoms with Crippen LogP contribution in [0.5, 0.6) is 0 Å². The average molecular weight is 324 g/mol. The van der Waals surface area contributed by atoms with Crippen molar-refractivity contribution in [2.75, 3.05) is 44.7 Å². The summed E-state index contributed by atoms with van der Waals surface area (Å²) < 4.78 is 0. The Morgan fingerprint density at radius 2 is 1.83 bits per heavy atom. The molecule has 126 valence electrons. The summed E-state index contributed by atoms with van der Waals surface area (Å²) in [5, 5.41) is 1.17. The molecule has 2 aliphatic heterocycles. The molecular weight excluding hydrogens is 300 g/mol. The summed E-state index contributed by atoms with van der Waals surface area (Å²) in [5.74, 6) is 1.32. The first-order valence-corrected chi connectivity index (χ1v) is 8.82. The second-order valence-electron chi connectivity index (χ2n) is 6.81. The smallest absolute Gasteiger partial charge is 0.240 e. The molecule has 4 rings (SSSR count). The number of carbonyl (C=O) groups is 1. The Morgan fingerprint density at radius 3 is 2.58 bits per heavy atom. The SMILES string of the molecule is CN1CCCC1C(=O)N1CCN(c2ccc3ccccc3n2)CC1. The molecule has 3 heterocycles. The number of amides is 1. The maximum atomic E-state index is 12.7. The van der Waals surface area contributed by atoms with E-state index in [-0.39, 0.29) is 6.04 Å². The minimum Gasteiger partial charge on any atom is -0.353 e. The Hall–Kier alpha value is -2.14. The fraction of sp³-hybridized carbons (Fsp3) is 0.474. The lowest BCUT2D eigenvalue weighted by atomic mass is 10.1. The first kappa shape index (κ1) is 15.4. The van der Waals surface area contributed by atoms with E-state index < -0.39 is 0 Å². The number of hydrogen-bond acceptors (Lipinski definition) is 4. The molecule has 0 radical (unpaired) electrons. The van der Waals surface area contributed by atoms with Gasteiger partial charge in [-0.3, -0.25) is 9.69 Å². The number of likely N-dealkylation sites (tertiary alicyclic amines) is 1.